The van der Waals surface area contributed by atoms with Crippen molar-refractivity contribution >= 4 is 33.2 Å². The van der Waals surface area contributed by atoms with Crippen molar-refractivity contribution in [1.29, 1.82) is 0 Å². The highest BCUT2D eigenvalue weighted by atomic mass is 35.5. The molecule has 1 N–H and O–H groups in total. The molecular formula is C25H25ClN2O5S. The minimum Gasteiger partial charge on any atom is -0.486 e. The Labute approximate surface area is 204 Å². The SMILES string of the molecule is Cc1ccccc1N(CC(=O)N[C@H](C)c1ccc2c(c1)OCCO2)S(=O)(=O)c1ccc(Cl)cc1. The van der Waals surface area contributed by atoms with Crippen LogP contribution < -0.4 is 19.1 Å². The lowest BCUT2D eigenvalue weighted by molar-refractivity contribution is -0.120. The van der Waals surface area contributed by atoms with Gasteiger partial charge in [-0.25, -0.2) is 8.42 Å². The van der Waals surface area contributed by atoms with Gasteiger partial charge in [0.15, 0.2) is 11.5 Å². The van der Waals surface area contributed by atoms with Crippen LogP contribution in [0.2, 0.25) is 5.02 Å². The summed E-state index contributed by atoms with van der Waals surface area (Å²) in [6.45, 7) is 4.20. The Morgan fingerprint density at radius 2 is 1.71 bits per heavy atom. The first-order valence-corrected chi connectivity index (χ1v) is 12.6. The van der Waals surface area contributed by atoms with Crippen molar-refractivity contribution in [1.82, 2.24) is 5.32 Å². The van der Waals surface area contributed by atoms with Crippen molar-refractivity contribution in [3.8, 4) is 11.5 Å². The van der Waals surface area contributed by atoms with E-state index in [1.807, 2.05) is 25.1 Å². The molecule has 1 heterocycles. The minimum atomic E-state index is -4.02. The predicted molar refractivity (Wildman–Crippen MR) is 131 cm³/mol. The molecule has 7 nitrogen and oxygen atoms in total. The number of hydrogen-bond donors (Lipinski definition) is 1. The number of aryl methyl sites for hydroxylation is 1. The summed E-state index contributed by atoms with van der Waals surface area (Å²) < 4.78 is 39.3. The molecule has 4 rings (SSSR count). The van der Waals surface area contributed by atoms with E-state index in [1.54, 1.807) is 31.2 Å². The Morgan fingerprint density at radius 3 is 2.41 bits per heavy atom. The molecule has 0 unspecified atom stereocenters. The lowest BCUT2D eigenvalue weighted by Gasteiger charge is -2.26. The van der Waals surface area contributed by atoms with Crippen LogP contribution in [0.15, 0.2) is 71.6 Å². The van der Waals surface area contributed by atoms with E-state index in [-0.39, 0.29) is 17.5 Å². The molecule has 34 heavy (non-hydrogen) atoms. The van der Waals surface area contributed by atoms with Crippen LogP contribution in [0.3, 0.4) is 0 Å². The highest BCUT2D eigenvalue weighted by Crippen LogP contribution is 2.33. The summed E-state index contributed by atoms with van der Waals surface area (Å²) in [7, 11) is -4.02. The number of carbonyl (C=O) groups excluding carboxylic acids is 1. The second-order valence-corrected chi connectivity index (χ2v) is 10.2. The zero-order valence-corrected chi connectivity index (χ0v) is 20.4. The molecule has 0 aliphatic carbocycles. The van der Waals surface area contributed by atoms with Gasteiger partial charge in [0.05, 0.1) is 16.6 Å². The molecule has 0 saturated heterocycles. The third-order valence-corrected chi connectivity index (χ3v) is 7.54. The van der Waals surface area contributed by atoms with Crippen LogP contribution >= 0.6 is 11.6 Å². The number of nitrogens with one attached hydrogen (secondary N) is 1. The number of hydrogen-bond acceptors (Lipinski definition) is 5. The highest BCUT2D eigenvalue weighted by Gasteiger charge is 2.29. The molecule has 0 saturated carbocycles. The molecule has 0 fully saturated rings. The molecule has 0 bridgehead atoms. The highest BCUT2D eigenvalue weighted by molar-refractivity contribution is 7.92. The topological polar surface area (TPSA) is 84.9 Å². The summed E-state index contributed by atoms with van der Waals surface area (Å²) in [5.41, 5.74) is 1.98. The van der Waals surface area contributed by atoms with Crippen molar-refractivity contribution in [2.75, 3.05) is 24.1 Å². The monoisotopic (exact) mass is 500 g/mol. The standard InChI is InChI=1S/C25H25ClN2O5S/c1-17-5-3-4-6-22(17)28(34(30,31)21-10-8-20(26)9-11-21)16-25(29)27-18(2)19-7-12-23-24(15-19)33-14-13-32-23/h3-12,15,18H,13-14,16H2,1-2H3,(H,27,29)/t18-/m1/s1. The van der Waals surface area contributed by atoms with Crippen LogP contribution in [0.5, 0.6) is 11.5 Å². The van der Waals surface area contributed by atoms with Crippen LogP contribution in [0, 0.1) is 6.92 Å². The van der Waals surface area contributed by atoms with E-state index >= 15 is 0 Å². The van der Waals surface area contributed by atoms with Gasteiger partial charge in [-0.1, -0.05) is 35.9 Å². The number of nitrogens with zero attached hydrogens (tertiary/aromatic N) is 1. The van der Waals surface area contributed by atoms with Crippen molar-refractivity contribution < 1.29 is 22.7 Å². The maximum Gasteiger partial charge on any atom is 0.264 e. The molecule has 0 radical (unpaired) electrons. The van der Waals surface area contributed by atoms with E-state index < -0.39 is 15.9 Å². The predicted octanol–water partition coefficient (Wildman–Crippen LogP) is 4.49. The Kier molecular flexibility index (Phi) is 7.00. The number of fused-ring (bicyclic) bond motifs is 1. The summed E-state index contributed by atoms with van der Waals surface area (Å²) >= 11 is 5.94. The second-order valence-electron chi connectivity index (χ2n) is 7.94. The van der Waals surface area contributed by atoms with Gasteiger partial charge in [0.25, 0.3) is 10.0 Å². The first kappa shape index (κ1) is 23.9. The molecule has 9 heteroatoms. The fourth-order valence-electron chi connectivity index (χ4n) is 3.71. The number of benzene rings is 3. The van der Waals surface area contributed by atoms with Crippen LogP contribution in [0.1, 0.15) is 24.1 Å². The van der Waals surface area contributed by atoms with Gasteiger partial charge in [-0.05, 0) is 67.4 Å². The van der Waals surface area contributed by atoms with Gasteiger partial charge in [-0.3, -0.25) is 9.10 Å². The van der Waals surface area contributed by atoms with Crippen LogP contribution in [0.25, 0.3) is 0 Å². The number of anilines is 1. The molecule has 0 spiro atoms. The van der Waals surface area contributed by atoms with Gasteiger partial charge < -0.3 is 14.8 Å². The molecule has 0 aromatic heterocycles. The first-order valence-electron chi connectivity index (χ1n) is 10.8. The lowest BCUT2D eigenvalue weighted by Crippen LogP contribution is -2.41. The quantitative estimate of drug-likeness (QED) is 0.516. The summed E-state index contributed by atoms with van der Waals surface area (Å²) in [6, 6.07) is 18.0. The molecule has 1 amide bonds. The number of rotatable bonds is 7. The Balaban J connectivity index is 1.58. The van der Waals surface area contributed by atoms with Gasteiger partial charge in [-0.15, -0.1) is 0 Å². The van der Waals surface area contributed by atoms with E-state index in [0.29, 0.717) is 35.4 Å². The fourth-order valence-corrected chi connectivity index (χ4v) is 5.32. The van der Waals surface area contributed by atoms with Crippen LogP contribution in [-0.4, -0.2) is 34.1 Å². The van der Waals surface area contributed by atoms with E-state index in [2.05, 4.69) is 5.32 Å². The van der Waals surface area contributed by atoms with Crippen LogP contribution in [-0.2, 0) is 14.8 Å². The largest absolute Gasteiger partial charge is 0.486 e. The number of ether oxygens (including phenoxy) is 2. The average Bonchev–Trinajstić information content (AvgIpc) is 2.83. The van der Waals surface area contributed by atoms with Crippen LogP contribution in [0.4, 0.5) is 5.69 Å². The average molecular weight is 501 g/mol. The molecular weight excluding hydrogens is 476 g/mol. The van der Waals surface area contributed by atoms with Gasteiger partial charge in [0.1, 0.15) is 19.8 Å². The number of sulfonamides is 1. The number of halogens is 1. The van der Waals surface area contributed by atoms with Crippen molar-refractivity contribution in [3.63, 3.8) is 0 Å². The molecule has 3 aromatic carbocycles. The zero-order valence-electron chi connectivity index (χ0n) is 18.8. The summed E-state index contributed by atoms with van der Waals surface area (Å²) in [6.07, 6.45) is 0. The number of para-hydroxylation sites is 1. The van der Waals surface area contributed by atoms with Crippen molar-refractivity contribution in [3.05, 3.63) is 82.9 Å². The zero-order chi connectivity index (χ0) is 24.3. The molecule has 1 aliphatic rings. The van der Waals surface area contributed by atoms with Crippen molar-refractivity contribution in [2.24, 2.45) is 0 Å². The van der Waals surface area contributed by atoms with Gasteiger partial charge in [0, 0.05) is 5.02 Å². The Morgan fingerprint density at radius 1 is 1.03 bits per heavy atom. The fraction of sp³-hybridized carbons (Fsp3) is 0.240. The van der Waals surface area contributed by atoms with E-state index in [1.165, 1.54) is 24.3 Å². The normalized spacial score (nSPS) is 13.7. The minimum absolute atomic E-state index is 0.0489. The molecule has 1 aliphatic heterocycles. The Hall–Kier alpha value is -3.23. The second kappa shape index (κ2) is 9.95. The Bertz CT molecular complexity index is 1290. The molecule has 3 aromatic rings. The smallest absolute Gasteiger partial charge is 0.264 e. The molecule has 1 atom stereocenters. The third-order valence-electron chi connectivity index (χ3n) is 5.52. The first-order chi connectivity index (χ1) is 16.3. The van der Waals surface area contributed by atoms with Gasteiger partial charge >= 0.3 is 0 Å². The molecule has 178 valence electrons. The van der Waals surface area contributed by atoms with Gasteiger partial charge in [-0.2, -0.15) is 0 Å². The van der Waals surface area contributed by atoms with E-state index in [9.17, 15) is 13.2 Å². The summed E-state index contributed by atoms with van der Waals surface area (Å²) in [4.78, 5) is 13.1. The van der Waals surface area contributed by atoms with E-state index in [4.69, 9.17) is 21.1 Å². The number of amides is 1. The summed E-state index contributed by atoms with van der Waals surface area (Å²) in [5.74, 6) is 0.841. The van der Waals surface area contributed by atoms with E-state index in [0.717, 1.165) is 15.4 Å². The maximum absolute atomic E-state index is 13.5. The lowest BCUT2D eigenvalue weighted by atomic mass is 10.1. The number of carbonyl (C=O) groups is 1. The summed E-state index contributed by atoms with van der Waals surface area (Å²) in [5, 5.41) is 3.32. The third kappa shape index (κ3) is 5.13. The maximum atomic E-state index is 13.5. The van der Waals surface area contributed by atoms with Crippen molar-refractivity contribution in [2.45, 2.75) is 24.8 Å². The van der Waals surface area contributed by atoms with Gasteiger partial charge in [0.2, 0.25) is 5.91 Å².